The van der Waals surface area contributed by atoms with Crippen molar-refractivity contribution in [2.75, 3.05) is 0 Å². The summed E-state index contributed by atoms with van der Waals surface area (Å²) >= 11 is 4.62. The van der Waals surface area contributed by atoms with Crippen molar-refractivity contribution in [1.29, 1.82) is 5.26 Å². The Balaban J connectivity index is 3.58. The van der Waals surface area contributed by atoms with Crippen LogP contribution in [0.5, 0.6) is 0 Å². The van der Waals surface area contributed by atoms with Gasteiger partial charge < -0.3 is 4.98 Å². The zero-order valence-electron chi connectivity index (χ0n) is 6.29. The van der Waals surface area contributed by atoms with Crippen molar-refractivity contribution < 1.29 is 0 Å². The Hall–Kier alpha value is -1.54. The van der Waals surface area contributed by atoms with E-state index in [1.54, 1.807) is 13.0 Å². The minimum atomic E-state index is -0.537. The summed E-state index contributed by atoms with van der Waals surface area (Å²) in [5, 5.41) is 9.80. The summed E-state index contributed by atoms with van der Waals surface area (Å²) in [6.07, 6.45) is 0. The third-order valence-electron chi connectivity index (χ3n) is 1.30. The first-order chi connectivity index (χ1) is 5.69. The van der Waals surface area contributed by atoms with Crippen molar-refractivity contribution in [2.24, 2.45) is 0 Å². The van der Waals surface area contributed by atoms with Crippen LogP contribution < -0.4 is 5.56 Å². The van der Waals surface area contributed by atoms with E-state index in [1.807, 2.05) is 0 Å². The predicted molar refractivity (Wildman–Crippen MR) is 47.1 cm³/mol. The fourth-order valence-electron chi connectivity index (χ4n) is 0.805. The van der Waals surface area contributed by atoms with Gasteiger partial charge in [0.15, 0.2) is 0 Å². The first-order valence-electron chi connectivity index (χ1n) is 3.15. The van der Waals surface area contributed by atoms with Gasteiger partial charge in [-0.3, -0.25) is 4.79 Å². The molecule has 0 amide bonds. The summed E-state index contributed by atoms with van der Waals surface area (Å²) in [6.45, 7) is 1.63. The van der Waals surface area contributed by atoms with Gasteiger partial charge in [0.2, 0.25) is 0 Å². The maximum absolute atomic E-state index is 11.0. The molecular weight excluding hydrogens is 174 g/mol. The predicted octanol–water partition coefficient (Wildman–Crippen LogP) is 0.298. The largest absolute Gasteiger partial charge is 0.342 e. The first kappa shape index (κ1) is 8.56. The highest BCUT2D eigenvalue weighted by Crippen LogP contribution is 1.95. The highest BCUT2D eigenvalue weighted by atomic mass is 32.1. The second-order valence-electron chi connectivity index (χ2n) is 2.15. The summed E-state index contributed by atoms with van der Waals surface area (Å²) in [5.74, 6) is 0.454. The lowest BCUT2D eigenvalue weighted by Gasteiger charge is -1.96. The molecule has 5 heteroatoms. The molecule has 1 N–H and O–H groups in total. The van der Waals surface area contributed by atoms with E-state index in [0.29, 0.717) is 11.5 Å². The van der Waals surface area contributed by atoms with Crippen LogP contribution in [0.1, 0.15) is 17.1 Å². The molecule has 0 fully saturated rings. The van der Waals surface area contributed by atoms with Gasteiger partial charge in [0.05, 0.1) is 5.69 Å². The van der Waals surface area contributed by atoms with E-state index >= 15 is 0 Å². The van der Waals surface area contributed by atoms with Crippen LogP contribution in [0.4, 0.5) is 0 Å². The van der Waals surface area contributed by atoms with Crippen molar-refractivity contribution in [3.63, 3.8) is 0 Å². The monoisotopic (exact) mass is 179 g/mol. The Morgan fingerprint density at radius 3 is 2.92 bits per heavy atom. The molecule has 0 aliphatic carbocycles. The van der Waals surface area contributed by atoms with Gasteiger partial charge in [0.1, 0.15) is 17.5 Å². The van der Waals surface area contributed by atoms with E-state index in [2.05, 4.69) is 22.2 Å². The number of rotatable bonds is 1. The van der Waals surface area contributed by atoms with Crippen molar-refractivity contribution in [3.8, 4) is 6.07 Å². The molecule has 1 aromatic rings. The van der Waals surface area contributed by atoms with Gasteiger partial charge in [-0.25, -0.2) is 0 Å². The molecule has 12 heavy (non-hydrogen) atoms. The molecule has 60 valence electrons. The zero-order chi connectivity index (χ0) is 9.14. The van der Waals surface area contributed by atoms with Gasteiger partial charge in [0.25, 0.3) is 5.56 Å². The number of hydrogen-bond donors (Lipinski definition) is 1. The fraction of sp³-hybridized carbons (Fsp3) is 0.143. The summed E-state index contributed by atoms with van der Waals surface area (Å²) in [5.41, 5.74) is -0.217. The number of aromatic amines is 1. The van der Waals surface area contributed by atoms with Crippen LogP contribution >= 0.6 is 12.2 Å². The summed E-state index contributed by atoms with van der Waals surface area (Å²) in [4.78, 5) is 17.3. The molecule has 1 heterocycles. The van der Waals surface area contributed by atoms with Crippen LogP contribution in [-0.4, -0.2) is 15.3 Å². The number of hydrogen-bond acceptors (Lipinski definition) is 4. The standard InChI is InChI=1S/C7H5N3OS/c1-4-9-6(3-12)5(2-8)7(11)10-4/h3H,1H3,(H,9,10,11). The maximum Gasteiger partial charge on any atom is 0.291 e. The Kier molecular flexibility index (Phi) is 2.31. The van der Waals surface area contributed by atoms with E-state index < -0.39 is 5.56 Å². The highest BCUT2D eigenvalue weighted by Gasteiger charge is 2.05. The smallest absolute Gasteiger partial charge is 0.291 e. The molecule has 0 spiro atoms. The summed E-state index contributed by atoms with van der Waals surface area (Å²) in [6, 6.07) is 1.74. The average molecular weight is 179 g/mol. The molecular formula is C7H5N3OS. The fourth-order valence-corrected chi connectivity index (χ4v) is 0.982. The Morgan fingerprint density at radius 2 is 2.42 bits per heavy atom. The van der Waals surface area contributed by atoms with E-state index in [4.69, 9.17) is 5.26 Å². The number of aromatic nitrogens is 2. The van der Waals surface area contributed by atoms with Crippen molar-refractivity contribution in [2.45, 2.75) is 6.92 Å². The summed E-state index contributed by atoms with van der Waals surface area (Å²) < 4.78 is 0. The molecule has 0 atom stereocenters. The SMILES string of the molecule is Cc1nc(=O)c(C#N)c(C=S)[nH]1. The van der Waals surface area contributed by atoms with Gasteiger partial charge in [-0.15, -0.1) is 0 Å². The second kappa shape index (κ2) is 3.24. The Labute approximate surface area is 73.9 Å². The lowest BCUT2D eigenvalue weighted by molar-refractivity contribution is 1.00. The molecule has 0 saturated carbocycles. The van der Waals surface area contributed by atoms with Crippen LogP contribution in [0.25, 0.3) is 0 Å². The lowest BCUT2D eigenvalue weighted by Crippen LogP contribution is -2.16. The van der Waals surface area contributed by atoms with Crippen LogP contribution in [-0.2, 0) is 0 Å². The van der Waals surface area contributed by atoms with Crippen LogP contribution in [0.15, 0.2) is 4.79 Å². The first-order valence-corrected chi connectivity index (χ1v) is 3.62. The quantitative estimate of drug-likeness (QED) is 0.629. The number of nitriles is 1. The van der Waals surface area contributed by atoms with Crippen LogP contribution in [0.3, 0.4) is 0 Å². The molecule has 0 aliphatic heterocycles. The number of thiocarbonyl (C=S) groups is 1. The summed E-state index contributed by atoms with van der Waals surface area (Å²) in [7, 11) is 0. The van der Waals surface area contributed by atoms with E-state index in [9.17, 15) is 4.79 Å². The molecule has 1 aromatic heterocycles. The minimum absolute atomic E-state index is 0.0319. The van der Waals surface area contributed by atoms with Gasteiger partial charge in [0, 0.05) is 5.37 Å². The molecule has 0 unspecified atom stereocenters. The third kappa shape index (κ3) is 1.38. The molecule has 1 rings (SSSR count). The van der Waals surface area contributed by atoms with Crippen LogP contribution in [0.2, 0.25) is 0 Å². The van der Waals surface area contributed by atoms with Gasteiger partial charge >= 0.3 is 0 Å². The second-order valence-corrected chi connectivity index (χ2v) is 2.38. The molecule has 0 bridgehead atoms. The Morgan fingerprint density at radius 1 is 1.75 bits per heavy atom. The van der Waals surface area contributed by atoms with Crippen LogP contribution in [0, 0.1) is 18.3 Å². The number of aryl methyl sites for hydroxylation is 1. The molecule has 0 radical (unpaired) electrons. The molecule has 4 nitrogen and oxygen atoms in total. The normalized spacial score (nSPS) is 9.00. The highest BCUT2D eigenvalue weighted by molar-refractivity contribution is 7.79. The third-order valence-corrected chi connectivity index (χ3v) is 1.53. The topological polar surface area (TPSA) is 69.5 Å². The number of nitrogens with one attached hydrogen (secondary N) is 1. The maximum atomic E-state index is 11.0. The van der Waals surface area contributed by atoms with Gasteiger partial charge in [-0.05, 0) is 6.92 Å². The van der Waals surface area contributed by atoms with E-state index in [0.717, 1.165) is 0 Å². The number of H-pyrrole nitrogens is 1. The number of nitrogens with zero attached hydrogens (tertiary/aromatic N) is 2. The van der Waals surface area contributed by atoms with Crippen molar-refractivity contribution in [3.05, 3.63) is 27.4 Å². The van der Waals surface area contributed by atoms with Crippen molar-refractivity contribution in [1.82, 2.24) is 9.97 Å². The molecule has 0 aromatic carbocycles. The lowest BCUT2D eigenvalue weighted by atomic mass is 10.2. The van der Waals surface area contributed by atoms with E-state index in [1.165, 1.54) is 5.37 Å². The van der Waals surface area contributed by atoms with E-state index in [-0.39, 0.29) is 5.56 Å². The zero-order valence-corrected chi connectivity index (χ0v) is 7.10. The average Bonchev–Trinajstić information content (AvgIpc) is 2.03. The molecule has 0 aliphatic rings. The van der Waals surface area contributed by atoms with Crippen molar-refractivity contribution >= 4 is 17.6 Å². The minimum Gasteiger partial charge on any atom is -0.342 e. The van der Waals surface area contributed by atoms with Gasteiger partial charge in [-0.1, -0.05) is 12.2 Å². The Bertz CT molecular complexity index is 416. The molecule has 0 saturated heterocycles. The van der Waals surface area contributed by atoms with Gasteiger partial charge in [-0.2, -0.15) is 10.2 Å².